The number of amides is 2. The van der Waals surface area contributed by atoms with Crippen molar-refractivity contribution in [3.8, 4) is 0 Å². The summed E-state index contributed by atoms with van der Waals surface area (Å²) in [6.07, 6.45) is 4.07. The summed E-state index contributed by atoms with van der Waals surface area (Å²) in [7, 11) is 0. The first-order valence-corrected chi connectivity index (χ1v) is 10.1. The minimum atomic E-state index is -0.589. The lowest BCUT2D eigenvalue weighted by molar-refractivity contribution is 0.0236. The predicted molar refractivity (Wildman–Crippen MR) is 109 cm³/mol. The number of urea groups is 1. The number of nitrogens with zero attached hydrogens (tertiary/aromatic N) is 5. The van der Waals surface area contributed by atoms with Crippen LogP contribution in [-0.2, 0) is 0 Å². The van der Waals surface area contributed by atoms with Crippen molar-refractivity contribution in [2.24, 2.45) is 5.10 Å². The highest BCUT2D eigenvalue weighted by Gasteiger charge is 2.39. The average molecular weight is 433 g/mol. The second-order valence-electron chi connectivity index (χ2n) is 7.41. The van der Waals surface area contributed by atoms with Gasteiger partial charge in [0, 0.05) is 24.5 Å². The number of halogens is 2. The quantitative estimate of drug-likeness (QED) is 0.724. The van der Waals surface area contributed by atoms with E-state index >= 15 is 0 Å². The number of carbonyl (C=O) groups is 1. The lowest BCUT2D eigenvalue weighted by atomic mass is 10.0. The molecule has 0 radical (unpaired) electrons. The molecule has 10 heteroatoms. The first-order valence-electron chi connectivity index (χ1n) is 9.76. The zero-order valence-electron chi connectivity index (χ0n) is 16.4. The van der Waals surface area contributed by atoms with Gasteiger partial charge in [-0.15, -0.1) is 0 Å². The van der Waals surface area contributed by atoms with Crippen LogP contribution in [0, 0.1) is 5.82 Å². The van der Waals surface area contributed by atoms with Gasteiger partial charge in [-0.05, 0) is 49.1 Å². The maximum Gasteiger partial charge on any atom is 0.338 e. The zero-order chi connectivity index (χ0) is 21.3. The number of likely N-dealkylation sites (tertiary alicyclic amines) is 1. The number of hydrogen-bond acceptors (Lipinski definition) is 6. The summed E-state index contributed by atoms with van der Waals surface area (Å²) >= 11 is 5.72. The minimum Gasteiger partial charge on any atom is -0.378 e. The third-order valence-electron chi connectivity index (χ3n) is 5.41. The molecule has 8 nitrogen and oxygen atoms in total. The molecule has 0 saturated carbocycles. The Hall–Kier alpha value is -2.62. The summed E-state index contributed by atoms with van der Waals surface area (Å²) in [5.41, 5.74) is 2.06. The molecule has 3 atom stereocenters. The molecule has 0 aliphatic carbocycles. The number of hydrogen-bond donors (Lipinski definition) is 2. The lowest BCUT2D eigenvalue weighted by Crippen LogP contribution is -2.47. The van der Waals surface area contributed by atoms with Crippen LogP contribution in [0.25, 0.3) is 0 Å². The highest BCUT2D eigenvalue weighted by Crippen LogP contribution is 2.26. The normalized spacial score (nSPS) is 22.8. The van der Waals surface area contributed by atoms with Gasteiger partial charge in [-0.2, -0.15) is 5.10 Å². The average Bonchev–Trinajstić information content (AvgIpc) is 3.35. The van der Waals surface area contributed by atoms with Crippen LogP contribution in [0.15, 0.2) is 41.8 Å². The first kappa shape index (κ1) is 20.6. The van der Waals surface area contributed by atoms with E-state index in [2.05, 4.69) is 20.4 Å². The van der Waals surface area contributed by atoms with Crippen molar-refractivity contribution in [1.82, 2.24) is 25.2 Å². The molecule has 2 aliphatic heterocycles. The Morgan fingerprint density at radius 3 is 2.63 bits per heavy atom. The number of aliphatic hydroxyl groups is 1. The van der Waals surface area contributed by atoms with Crippen molar-refractivity contribution in [1.29, 1.82) is 0 Å². The summed E-state index contributed by atoms with van der Waals surface area (Å²) in [5.74, 6) is -0.344. The summed E-state index contributed by atoms with van der Waals surface area (Å²) in [4.78, 5) is 22.7. The van der Waals surface area contributed by atoms with E-state index in [1.165, 1.54) is 17.1 Å². The molecule has 0 bridgehead atoms. The van der Waals surface area contributed by atoms with Crippen molar-refractivity contribution in [3.63, 3.8) is 0 Å². The molecular weight excluding hydrogens is 411 g/mol. The van der Waals surface area contributed by atoms with E-state index in [-0.39, 0.29) is 29.2 Å². The van der Waals surface area contributed by atoms with E-state index in [4.69, 9.17) is 11.6 Å². The fourth-order valence-corrected chi connectivity index (χ4v) is 3.87. The smallest absolute Gasteiger partial charge is 0.338 e. The molecule has 2 aliphatic rings. The molecule has 158 valence electrons. The number of carbonyl (C=O) groups excluding carboxylic acids is 1. The van der Waals surface area contributed by atoms with E-state index in [1.807, 2.05) is 11.8 Å². The lowest BCUT2D eigenvalue weighted by Gasteiger charge is -2.28. The highest BCUT2D eigenvalue weighted by molar-refractivity contribution is 6.28. The van der Waals surface area contributed by atoms with E-state index < -0.39 is 6.23 Å². The summed E-state index contributed by atoms with van der Waals surface area (Å²) in [6, 6.07) is 5.00. The Labute approximate surface area is 178 Å². The standard InChI is InChI=1S/C20H22ClFN6O2/c1-12(14-9-23-19(21)24-10-14)25-20(30)28-11-16(27-8-2-3-17(27)29)18(26-28)13-4-6-15(22)7-5-13/h4-7,9-10,12,16-17,29H,2-3,8,11H2,1H3,(H,25,30)/t12-,16+,17?/m1/s1. The van der Waals surface area contributed by atoms with Gasteiger partial charge < -0.3 is 10.4 Å². The van der Waals surface area contributed by atoms with Crippen molar-refractivity contribution < 1.29 is 14.3 Å². The van der Waals surface area contributed by atoms with Gasteiger partial charge in [0.2, 0.25) is 5.28 Å². The van der Waals surface area contributed by atoms with Crippen LogP contribution in [-0.4, -0.2) is 62.1 Å². The van der Waals surface area contributed by atoms with Gasteiger partial charge in [0.15, 0.2) is 0 Å². The van der Waals surface area contributed by atoms with Crippen LogP contribution in [0.1, 0.15) is 36.9 Å². The van der Waals surface area contributed by atoms with E-state index in [0.29, 0.717) is 30.8 Å². The van der Waals surface area contributed by atoms with E-state index in [1.54, 1.807) is 24.5 Å². The molecule has 1 fully saturated rings. The van der Waals surface area contributed by atoms with Gasteiger partial charge >= 0.3 is 6.03 Å². The molecule has 1 saturated heterocycles. The topological polar surface area (TPSA) is 94.0 Å². The highest BCUT2D eigenvalue weighted by atomic mass is 35.5. The molecule has 4 rings (SSSR count). The molecular formula is C20H22ClFN6O2. The maximum atomic E-state index is 13.4. The maximum absolute atomic E-state index is 13.4. The van der Waals surface area contributed by atoms with Crippen LogP contribution in [0.2, 0.25) is 5.28 Å². The molecule has 1 unspecified atom stereocenters. The zero-order valence-corrected chi connectivity index (χ0v) is 17.1. The molecule has 3 heterocycles. The third-order valence-corrected chi connectivity index (χ3v) is 5.60. The number of rotatable bonds is 4. The summed E-state index contributed by atoms with van der Waals surface area (Å²) < 4.78 is 13.4. The molecule has 30 heavy (non-hydrogen) atoms. The van der Waals surface area contributed by atoms with Gasteiger partial charge in [-0.3, -0.25) is 4.90 Å². The van der Waals surface area contributed by atoms with Crippen molar-refractivity contribution in [3.05, 3.63) is 58.9 Å². The number of nitrogens with one attached hydrogen (secondary N) is 1. The molecule has 1 aromatic carbocycles. The number of hydrazone groups is 1. The van der Waals surface area contributed by atoms with E-state index in [9.17, 15) is 14.3 Å². The Balaban J connectivity index is 1.54. The van der Waals surface area contributed by atoms with Crippen LogP contribution in [0.4, 0.5) is 9.18 Å². The predicted octanol–water partition coefficient (Wildman–Crippen LogP) is 2.54. The van der Waals surface area contributed by atoms with Gasteiger partial charge in [0.25, 0.3) is 0 Å². The van der Waals surface area contributed by atoms with Crippen LogP contribution in [0.5, 0.6) is 0 Å². The van der Waals surface area contributed by atoms with Crippen LogP contribution >= 0.6 is 11.6 Å². The van der Waals surface area contributed by atoms with Crippen LogP contribution < -0.4 is 5.32 Å². The molecule has 2 amide bonds. The molecule has 1 aromatic heterocycles. The largest absolute Gasteiger partial charge is 0.378 e. The number of benzene rings is 1. The van der Waals surface area contributed by atoms with Gasteiger partial charge in [0.1, 0.15) is 12.0 Å². The second-order valence-corrected chi connectivity index (χ2v) is 7.75. The van der Waals surface area contributed by atoms with Gasteiger partial charge in [0.05, 0.1) is 24.3 Å². The fraction of sp³-hybridized carbons (Fsp3) is 0.400. The minimum absolute atomic E-state index is 0.136. The van der Waals surface area contributed by atoms with Crippen LogP contribution in [0.3, 0.4) is 0 Å². The van der Waals surface area contributed by atoms with Crippen molar-refractivity contribution in [2.45, 2.75) is 38.1 Å². The summed E-state index contributed by atoms with van der Waals surface area (Å²) in [5, 5.41) is 19.2. The Bertz CT molecular complexity index is 939. The van der Waals surface area contributed by atoms with E-state index in [0.717, 1.165) is 12.0 Å². The first-order chi connectivity index (χ1) is 14.4. The number of aliphatic hydroxyl groups excluding tert-OH is 1. The second kappa shape index (κ2) is 8.63. The Kier molecular flexibility index (Phi) is 5.94. The fourth-order valence-electron chi connectivity index (χ4n) is 3.77. The van der Waals surface area contributed by atoms with Gasteiger partial charge in [-0.1, -0.05) is 12.1 Å². The SMILES string of the molecule is C[C@@H](NC(=O)N1C[C@H](N2CCCC2O)C(c2ccc(F)cc2)=N1)c1cnc(Cl)nc1. The Morgan fingerprint density at radius 2 is 2.00 bits per heavy atom. The Morgan fingerprint density at radius 1 is 1.30 bits per heavy atom. The monoisotopic (exact) mass is 432 g/mol. The molecule has 0 spiro atoms. The third kappa shape index (κ3) is 4.28. The van der Waals surface area contributed by atoms with Crippen molar-refractivity contribution in [2.75, 3.05) is 13.1 Å². The van der Waals surface area contributed by atoms with Gasteiger partial charge in [-0.25, -0.2) is 24.2 Å². The van der Waals surface area contributed by atoms with Crippen molar-refractivity contribution >= 4 is 23.3 Å². The summed E-state index contributed by atoms with van der Waals surface area (Å²) in [6.45, 7) is 2.81. The molecule has 2 N–H and O–H groups in total. The molecule has 2 aromatic rings. The number of aromatic nitrogens is 2.